The first-order valence-electron chi connectivity index (χ1n) is 6.21. The Balaban J connectivity index is 2.56. The molecule has 0 aromatic rings. The lowest BCUT2D eigenvalue weighted by molar-refractivity contribution is -0.186. The minimum Gasteiger partial charge on any atom is -0.293 e. The number of likely N-dealkylation sites (tertiary alicyclic amines) is 1. The van der Waals surface area contributed by atoms with Gasteiger partial charge in [-0.05, 0) is 32.4 Å². The lowest BCUT2D eigenvalue weighted by Crippen LogP contribution is -2.52. The van der Waals surface area contributed by atoms with Gasteiger partial charge in [0.1, 0.15) is 0 Å². The number of amides is 1. The molecule has 1 heterocycles. The fourth-order valence-electron chi connectivity index (χ4n) is 2.39. The molecule has 1 aliphatic rings. The van der Waals surface area contributed by atoms with E-state index in [2.05, 4.69) is 5.43 Å². The van der Waals surface area contributed by atoms with Gasteiger partial charge in [-0.25, -0.2) is 5.84 Å². The Bertz CT molecular complexity index is 275. The number of hydrogen-bond acceptors (Lipinski definition) is 3. The zero-order valence-electron chi connectivity index (χ0n) is 10.5. The van der Waals surface area contributed by atoms with Crippen molar-refractivity contribution in [3.8, 4) is 0 Å². The summed E-state index contributed by atoms with van der Waals surface area (Å²) in [6.45, 7) is 2.52. The number of nitrogens with two attached hydrogens (primary N) is 1. The van der Waals surface area contributed by atoms with Crippen LogP contribution in [0, 0.1) is 5.92 Å². The summed E-state index contributed by atoms with van der Waals surface area (Å²) < 4.78 is 37.6. The number of piperidine rings is 1. The van der Waals surface area contributed by atoms with E-state index in [1.54, 1.807) is 4.90 Å². The maximum atomic E-state index is 12.5. The van der Waals surface area contributed by atoms with Crippen LogP contribution in [-0.4, -0.2) is 36.1 Å². The molecule has 1 saturated heterocycles. The molecule has 3 N–H and O–H groups in total. The number of halogens is 3. The van der Waals surface area contributed by atoms with Gasteiger partial charge in [-0.1, -0.05) is 13.3 Å². The molecule has 1 aliphatic heterocycles. The highest BCUT2D eigenvalue weighted by molar-refractivity contribution is 5.81. The van der Waals surface area contributed by atoms with Gasteiger partial charge in [0.25, 0.3) is 5.91 Å². The minimum atomic E-state index is -4.12. The summed E-state index contributed by atoms with van der Waals surface area (Å²) >= 11 is 0. The van der Waals surface area contributed by atoms with Crippen LogP contribution in [-0.2, 0) is 4.79 Å². The highest BCUT2D eigenvalue weighted by Gasteiger charge is 2.42. The van der Waals surface area contributed by atoms with E-state index in [-0.39, 0.29) is 18.7 Å². The monoisotopic (exact) mass is 267 g/mol. The third-order valence-corrected chi connectivity index (χ3v) is 3.44. The SMILES string of the molecule is CCCC(C(=O)NN)N1CCC(C(F)(F)F)CC1. The molecule has 1 rings (SSSR count). The first-order chi connectivity index (χ1) is 8.40. The normalized spacial score (nSPS) is 20.7. The standard InChI is InChI=1S/C11H20F3N3O/c1-2-3-9(10(18)16-15)17-6-4-8(5-7-17)11(12,13)14/h8-9H,2-7,15H2,1H3,(H,16,18). The van der Waals surface area contributed by atoms with Crippen LogP contribution in [0.3, 0.4) is 0 Å². The van der Waals surface area contributed by atoms with Crippen molar-refractivity contribution < 1.29 is 18.0 Å². The van der Waals surface area contributed by atoms with E-state index in [1.807, 2.05) is 6.92 Å². The molecule has 0 saturated carbocycles. The van der Waals surface area contributed by atoms with Crippen LogP contribution in [0.25, 0.3) is 0 Å². The van der Waals surface area contributed by atoms with Crippen molar-refractivity contribution in [2.24, 2.45) is 11.8 Å². The molecule has 4 nitrogen and oxygen atoms in total. The highest BCUT2D eigenvalue weighted by atomic mass is 19.4. The molecule has 0 spiro atoms. The Hall–Kier alpha value is -0.820. The summed E-state index contributed by atoms with van der Waals surface area (Å²) in [6.07, 6.45) is -2.61. The van der Waals surface area contributed by atoms with Gasteiger partial charge in [0.15, 0.2) is 0 Å². The maximum absolute atomic E-state index is 12.5. The molecule has 106 valence electrons. The van der Waals surface area contributed by atoms with Crippen molar-refractivity contribution in [1.82, 2.24) is 10.3 Å². The predicted molar refractivity (Wildman–Crippen MR) is 61.4 cm³/mol. The summed E-state index contributed by atoms with van der Waals surface area (Å²) in [7, 11) is 0. The quantitative estimate of drug-likeness (QED) is 0.460. The van der Waals surface area contributed by atoms with E-state index in [0.29, 0.717) is 19.5 Å². The zero-order valence-corrected chi connectivity index (χ0v) is 10.5. The summed E-state index contributed by atoms with van der Waals surface area (Å²) in [5, 5.41) is 0. The second kappa shape index (κ2) is 6.38. The van der Waals surface area contributed by atoms with Crippen LogP contribution in [0.1, 0.15) is 32.6 Å². The molecule has 0 bridgehead atoms. The Morgan fingerprint density at radius 1 is 1.44 bits per heavy atom. The summed E-state index contributed by atoms with van der Waals surface area (Å²) in [6, 6.07) is -0.408. The first kappa shape index (κ1) is 15.2. The molecule has 1 atom stereocenters. The molecule has 1 fully saturated rings. The van der Waals surface area contributed by atoms with Gasteiger partial charge in [-0.15, -0.1) is 0 Å². The average Bonchev–Trinajstić information content (AvgIpc) is 2.34. The molecule has 0 radical (unpaired) electrons. The smallest absolute Gasteiger partial charge is 0.293 e. The molecule has 0 aliphatic carbocycles. The number of carbonyl (C=O) groups is 1. The van der Waals surface area contributed by atoms with E-state index in [9.17, 15) is 18.0 Å². The van der Waals surface area contributed by atoms with Gasteiger partial charge in [-0.3, -0.25) is 15.1 Å². The van der Waals surface area contributed by atoms with Crippen molar-refractivity contribution >= 4 is 5.91 Å². The molecule has 1 unspecified atom stereocenters. The molecule has 18 heavy (non-hydrogen) atoms. The topological polar surface area (TPSA) is 58.4 Å². The zero-order chi connectivity index (χ0) is 13.8. The fourth-order valence-corrected chi connectivity index (χ4v) is 2.39. The van der Waals surface area contributed by atoms with Gasteiger partial charge < -0.3 is 0 Å². The summed E-state index contributed by atoms with van der Waals surface area (Å²) in [5.74, 6) is 3.54. The van der Waals surface area contributed by atoms with Crippen molar-refractivity contribution in [2.75, 3.05) is 13.1 Å². The van der Waals surface area contributed by atoms with E-state index in [1.165, 1.54) is 0 Å². The molecule has 0 aromatic carbocycles. The van der Waals surface area contributed by atoms with Crippen molar-refractivity contribution in [3.05, 3.63) is 0 Å². The largest absolute Gasteiger partial charge is 0.391 e. The molecule has 1 amide bonds. The second-order valence-electron chi connectivity index (χ2n) is 4.66. The number of rotatable bonds is 4. The van der Waals surface area contributed by atoms with E-state index in [4.69, 9.17) is 5.84 Å². The van der Waals surface area contributed by atoms with Crippen molar-refractivity contribution in [3.63, 3.8) is 0 Å². The van der Waals surface area contributed by atoms with Gasteiger partial charge in [0.05, 0.1) is 12.0 Å². The van der Waals surface area contributed by atoms with Crippen LogP contribution in [0.2, 0.25) is 0 Å². The third kappa shape index (κ3) is 3.84. The van der Waals surface area contributed by atoms with Crippen LogP contribution in [0.4, 0.5) is 13.2 Å². The molecular formula is C11H20F3N3O. The van der Waals surface area contributed by atoms with E-state index >= 15 is 0 Å². The first-order valence-corrected chi connectivity index (χ1v) is 6.21. The van der Waals surface area contributed by atoms with E-state index < -0.39 is 18.1 Å². The number of alkyl halides is 3. The Labute approximate surface area is 105 Å². The number of hydrazine groups is 1. The predicted octanol–water partition coefficient (Wildman–Crippen LogP) is 1.42. The van der Waals surface area contributed by atoms with Crippen LogP contribution in [0.15, 0.2) is 0 Å². The Kier molecular flexibility index (Phi) is 5.40. The highest BCUT2D eigenvalue weighted by Crippen LogP contribution is 2.34. The minimum absolute atomic E-state index is 0.0571. The van der Waals surface area contributed by atoms with Crippen LogP contribution >= 0.6 is 0 Å². The van der Waals surface area contributed by atoms with Crippen molar-refractivity contribution in [2.45, 2.75) is 44.8 Å². The number of nitrogens with one attached hydrogen (secondary N) is 1. The summed E-state index contributed by atoms with van der Waals surface area (Å²) in [4.78, 5) is 13.4. The number of nitrogens with zero attached hydrogens (tertiary/aromatic N) is 1. The Morgan fingerprint density at radius 3 is 2.39 bits per heavy atom. The van der Waals surface area contributed by atoms with Crippen LogP contribution in [0.5, 0.6) is 0 Å². The maximum Gasteiger partial charge on any atom is 0.391 e. The van der Waals surface area contributed by atoms with Crippen molar-refractivity contribution in [1.29, 1.82) is 0 Å². The van der Waals surface area contributed by atoms with Gasteiger partial charge in [0.2, 0.25) is 0 Å². The van der Waals surface area contributed by atoms with Crippen LogP contribution < -0.4 is 11.3 Å². The number of carbonyl (C=O) groups excluding carboxylic acids is 1. The van der Waals surface area contributed by atoms with Gasteiger partial charge in [0, 0.05) is 0 Å². The fraction of sp³-hybridized carbons (Fsp3) is 0.909. The van der Waals surface area contributed by atoms with Gasteiger partial charge >= 0.3 is 6.18 Å². The van der Waals surface area contributed by atoms with Gasteiger partial charge in [-0.2, -0.15) is 13.2 Å². The lowest BCUT2D eigenvalue weighted by Gasteiger charge is -2.37. The molecule has 0 aromatic heterocycles. The average molecular weight is 267 g/mol. The molecular weight excluding hydrogens is 247 g/mol. The summed E-state index contributed by atoms with van der Waals surface area (Å²) in [5.41, 5.74) is 2.09. The number of hydrogen-bond donors (Lipinski definition) is 2. The third-order valence-electron chi connectivity index (χ3n) is 3.44. The van der Waals surface area contributed by atoms with E-state index in [0.717, 1.165) is 6.42 Å². The Morgan fingerprint density at radius 2 is 2.00 bits per heavy atom. The lowest BCUT2D eigenvalue weighted by atomic mass is 9.94. The second-order valence-corrected chi connectivity index (χ2v) is 4.66. The molecule has 7 heteroatoms.